The molecule has 0 heterocycles. The molecule has 9 amide bonds. The Morgan fingerprint density at radius 3 is 1.78 bits per heavy atom. The molecule has 20 heteroatoms. The summed E-state index contributed by atoms with van der Waals surface area (Å²) in [6.07, 6.45) is -3.76. The van der Waals surface area contributed by atoms with E-state index in [-0.39, 0.29) is 23.7 Å². The van der Waals surface area contributed by atoms with E-state index in [1.54, 1.807) is 58.0 Å². The van der Waals surface area contributed by atoms with Crippen LogP contribution >= 0.6 is 0 Å². The molecule has 0 bridgehead atoms. The molecule has 0 aliphatic heterocycles. The fourth-order valence-electron chi connectivity index (χ4n) is 5.17. The van der Waals surface area contributed by atoms with Gasteiger partial charge in [-0.1, -0.05) is 58.0 Å². The SMILES string of the molecule is CC(=O)N(C(=O)[C@H](CCC(N)=O)NC(=O)[C@@H](N)CO)[C@@H](CC(N)=O)C(=O)NC(C(=O)NC(=O)[C@@H](NC(=O)[C@@H](N)C(C)C)C(C)C)C(O)CCc1ccccc1. The summed E-state index contributed by atoms with van der Waals surface area (Å²) in [6, 6.07) is -0.927. The molecule has 0 radical (unpaired) electrons. The first kappa shape index (κ1) is 47.7. The molecule has 1 aromatic rings. The Bertz CT molecular complexity index is 1540. The van der Waals surface area contributed by atoms with Crippen LogP contribution in [0.3, 0.4) is 0 Å². The Kier molecular flexibility index (Phi) is 19.8. The molecule has 0 spiro atoms. The van der Waals surface area contributed by atoms with Gasteiger partial charge in [0.1, 0.15) is 30.2 Å². The van der Waals surface area contributed by atoms with E-state index in [1.807, 2.05) is 0 Å². The van der Waals surface area contributed by atoms with Crippen LogP contribution in [0.2, 0.25) is 0 Å². The Balaban J connectivity index is 3.62. The maximum atomic E-state index is 14.0. The number of primary amides is 2. The number of aryl methyl sites for hydroxylation is 1. The van der Waals surface area contributed by atoms with Crippen molar-refractivity contribution in [1.29, 1.82) is 0 Å². The van der Waals surface area contributed by atoms with Crippen molar-refractivity contribution < 1.29 is 53.4 Å². The highest BCUT2D eigenvalue weighted by molar-refractivity contribution is 6.06. The van der Waals surface area contributed by atoms with Gasteiger partial charge in [-0.25, -0.2) is 0 Å². The maximum absolute atomic E-state index is 14.0. The van der Waals surface area contributed by atoms with Gasteiger partial charge in [0.2, 0.25) is 41.4 Å². The summed E-state index contributed by atoms with van der Waals surface area (Å²) in [6.45, 7) is 6.55. The highest BCUT2D eigenvalue weighted by Gasteiger charge is 2.41. The smallest absolute Gasteiger partial charge is 0.252 e. The van der Waals surface area contributed by atoms with Crippen LogP contribution in [0.15, 0.2) is 30.3 Å². The molecule has 306 valence electrons. The number of imide groups is 2. The van der Waals surface area contributed by atoms with Crippen molar-refractivity contribution in [2.45, 2.75) is 109 Å². The normalized spacial score (nSPS) is 15.0. The number of benzene rings is 1. The first-order valence-corrected chi connectivity index (χ1v) is 17.6. The quantitative estimate of drug-likeness (QED) is 0.0536. The van der Waals surface area contributed by atoms with E-state index in [0.717, 1.165) is 12.5 Å². The van der Waals surface area contributed by atoms with Crippen LogP contribution in [0.4, 0.5) is 0 Å². The van der Waals surface area contributed by atoms with Gasteiger partial charge in [-0.05, 0) is 36.7 Å². The zero-order chi connectivity index (χ0) is 42.2. The molecule has 0 aliphatic carbocycles. The standard InChI is InChI=1S/C35H55N9O11/c1-17(2)27(39)32(52)41-28(18(3)4)33(53)43-34(54)29(24(47)13-11-20-9-7-6-8-10-20)42-31(51)23(15-26(38)49)44(19(5)46)35(55)22(12-14-25(37)48)40-30(50)21(36)16-45/h6-10,17-18,21-24,27-29,45,47H,11-16,36,39H2,1-5H3,(H2,37,48)(H2,38,49)(H,40,50)(H,41,52)(H,42,51)(H,43,53,54)/t21-,22-,23-,24?,27-,28-,29?/m0/s1. The number of nitrogens with zero attached hydrogens (tertiary/aromatic N) is 1. The second-order valence-corrected chi connectivity index (χ2v) is 13.7. The number of rotatable bonds is 22. The van der Waals surface area contributed by atoms with Crippen LogP contribution in [-0.4, -0.2) is 117 Å². The van der Waals surface area contributed by atoms with E-state index in [9.17, 15) is 53.4 Å². The number of carbonyl (C=O) groups is 9. The summed E-state index contributed by atoms with van der Waals surface area (Å²) in [4.78, 5) is 117. The number of nitrogens with one attached hydrogen (secondary N) is 4. The van der Waals surface area contributed by atoms with Crippen LogP contribution in [0, 0.1) is 11.8 Å². The zero-order valence-corrected chi connectivity index (χ0v) is 31.7. The average Bonchev–Trinajstić information content (AvgIpc) is 3.11. The lowest BCUT2D eigenvalue weighted by Gasteiger charge is -2.33. The number of hydrogen-bond acceptors (Lipinski definition) is 13. The summed E-state index contributed by atoms with van der Waals surface area (Å²) < 4.78 is 0. The Morgan fingerprint density at radius 1 is 0.727 bits per heavy atom. The molecular weight excluding hydrogens is 722 g/mol. The van der Waals surface area contributed by atoms with Crippen molar-refractivity contribution in [2.75, 3.05) is 6.61 Å². The number of carbonyl (C=O) groups excluding carboxylic acids is 9. The maximum Gasteiger partial charge on any atom is 0.252 e. The van der Waals surface area contributed by atoms with Gasteiger partial charge in [-0.15, -0.1) is 0 Å². The first-order valence-electron chi connectivity index (χ1n) is 17.6. The minimum atomic E-state index is -2.10. The molecule has 0 aromatic heterocycles. The van der Waals surface area contributed by atoms with Crippen molar-refractivity contribution in [3.05, 3.63) is 35.9 Å². The van der Waals surface area contributed by atoms with E-state index in [1.165, 1.54) is 0 Å². The van der Waals surface area contributed by atoms with E-state index in [0.29, 0.717) is 0 Å². The van der Waals surface area contributed by atoms with Crippen molar-refractivity contribution in [1.82, 2.24) is 26.2 Å². The van der Waals surface area contributed by atoms with Crippen LogP contribution < -0.4 is 44.2 Å². The largest absolute Gasteiger partial charge is 0.394 e. The molecule has 20 nitrogen and oxygen atoms in total. The summed E-state index contributed by atoms with van der Waals surface area (Å²) in [7, 11) is 0. The summed E-state index contributed by atoms with van der Waals surface area (Å²) in [5, 5.41) is 29.6. The van der Waals surface area contributed by atoms with Gasteiger partial charge in [0.25, 0.3) is 11.8 Å². The van der Waals surface area contributed by atoms with Gasteiger partial charge in [-0.2, -0.15) is 0 Å². The molecule has 0 saturated heterocycles. The molecule has 0 saturated carbocycles. The van der Waals surface area contributed by atoms with Gasteiger partial charge >= 0.3 is 0 Å². The van der Waals surface area contributed by atoms with Gasteiger partial charge in [-0.3, -0.25) is 53.4 Å². The van der Waals surface area contributed by atoms with Crippen LogP contribution in [0.1, 0.15) is 65.9 Å². The number of amides is 9. The third kappa shape index (κ3) is 15.5. The summed E-state index contributed by atoms with van der Waals surface area (Å²) >= 11 is 0. The molecule has 14 N–H and O–H groups in total. The highest BCUT2D eigenvalue weighted by Crippen LogP contribution is 2.15. The van der Waals surface area contributed by atoms with Gasteiger partial charge < -0.3 is 49.1 Å². The predicted octanol–water partition coefficient (Wildman–Crippen LogP) is -4.08. The zero-order valence-electron chi connectivity index (χ0n) is 31.7. The molecular formula is C35H55N9O11. The second-order valence-electron chi connectivity index (χ2n) is 13.7. The number of aliphatic hydroxyl groups is 2. The number of nitrogens with two attached hydrogens (primary N) is 4. The average molecular weight is 778 g/mol. The van der Waals surface area contributed by atoms with Crippen molar-refractivity contribution >= 4 is 53.2 Å². The minimum absolute atomic E-state index is 0.174. The number of aliphatic hydroxyl groups excluding tert-OH is 2. The predicted molar refractivity (Wildman–Crippen MR) is 196 cm³/mol. The van der Waals surface area contributed by atoms with E-state index in [4.69, 9.17) is 22.9 Å². The van der Waals surface area contributed by atoms with E-state index >= 15 is 0 Å². The molecule has 7 atom stereocenters. The van der Waals surface area contributed by atoms with Gasteiger partial charge in [0.15, 0.2) is 0 Å². The van der Waals surface area contributed by atoms with Crippen LogP contribution in [-0.2, 0) is 49.6 Å². The lowest BCUT2D eigenvalue weighted by Crippen LogP contribution is -2.63. The summed E-state index contributed by atoms with van der Waals surface area (Å²) in [5.74, 6) is -10.8. The Hall–Kier alpha value is -5.31. The summed E-state index contributed by atoms with van der Waals surface area (Å²) in [5.41, 5.74) is 22.8. The van der Waals surface area contributed by atoms with Crippen LogP contribution in [0.5, 0.6) is 0 Å². The van der Waals surface area contributed by atoms with Crippen molar-refractivity contribution in [2.24, 2.45) is 34.8 Å². The number of hydrogen-bond donors (Lipinski definition) is 10. The molecule has 1 aromatic carbocycles. The van der Waals surface area contributed by atoms with Crippen molar-refractivity contribution in [3.63, 3.8) is 0 Å². The topological polar surface area (TPSA) is 350 Å². The third-order valence-electron chi connectivity index (χ3n) is 8.46. The van der Waals surface area contributed by atoms with Gasteiger partial charge in [0, 0.05) is 13.3 Å². The van der Waals surface area contributed by atoms with E-state index in [2.05, 4.69) is 21.3 Å². The Morgan fingerprint density at radius 2 is 1.29 bits per heavy atom. The van der Waals surface area contributed by atoms with Gasteiger partial charge in [0.05, 0.1) is 25.2 Å². The molecule has 0 aliphatic rings. The highest BCUT2D eigenvalue weighted by atomic mass is 16.3. The molecule has 1 rings (SSSR count). The Labute approximate surface area is 318 Å². The molecule has 2 unspecified atom stereocenters. The third-order valence-corrected chi connectivity index (χ3v) is 8.46. The van der Waals surface area contributed by atoms with E-state index < -0.39 is 127 Å². The molecule has 0 fully saturated rings. The first-order chi connectivity index (χ1) is 25.6. The minimum Gasteiger partial charge on any atom is -0.394 e. The fraction of sp³-hybridized carbons (Fsp3) is 0.571. The molecule has 55 heavy (non-hydrogen) atoms. The van der Waals surface area contributed by atoms with Crippen molar-refractivity contribution in [3.8, 4) is 0 Å². The second kappa shape index (κ2) is 22.8. The lowest BCUT2D eigenvalue weighted by atomic mass is 9.98. The monoisotopic (exact) mass is 777 g/mol. The fourth-order valence-corrected chi connectivity index (χ4v) is 5.17. The van der Waals surface area contributed by atoms with Crippen LogP contribution in [0.25, 0.3) is 0 Å². The lowest BCUT2D eigenvalue weighted by molar-refractivity contribution is -0.154.